The maximum absolute atomic E-state index is 11.9. The van der Waals surface area contributed by atoms with Gasteiger partial charge in [0.1, 0.15) is 11.7 Å². The van der Waals surface area contributed by atoms with Crippen molar-refractivity contribution in [3.63, 3.8) is 0 Å². The van der Waals surface area contributed by atoms with E-state index in [-0.39, 0.29) is 6.10 Å². The van der Waals surface area contributed by atoms with Crippen LogP contribution in [0.2, 0.25) is 0 Å². The molecule has 0 radical (unpaired) electrons. The molecule has 1 fully saturated rings. The Hall–Kier alpha value is -2.46. The smallest absolute Gasteiger partial charge is 0.121 e. The van der Waals surface area contributed by atoms with Gasteiger partial charge in [0.15, 0.2) is 0 Å². The summed E-state index contributed by atoms with van der Waals surface area (Å²) >= 11 is 0. The Labute approximate surface area is 167 Å². The summed E-state index contributed by atoms with van der Waals surface area (Å²) in [5.41, 5.74) is 2.23. The van der Waals surface area contributed by atoms with Gasteiger partial charge in [-0.25, -0.2) is 0 Å². The van der Waals surface area contributed by atoms with Crippen LogP contribution >= 0.6 is 0 Å². The van der Waals surface area contributed by atoms with Gasteiger partial charge >= 0.3 is 0 Å². The summed E-state index contributed by atoms with van der Waals surface area (Å²) < 4.78 is 6.15. The fourth-order valence-electron chi connectivity index (χ4n) is 4.01. The average Bonchev–Trinajstić information content (AvgIpc) is 2.76. The molecule has 0 aromatic heterocycles. The second kappa shape index (κ2) is 8.70. The maximum Gasteiger partial charge on any atom is 0.121 e. The lowest BCUT2D eigenvalue weighted by atomic mass is 9.81. The standard InChI is InChI=1S/C25H27NO2/c27-25(23-14-8-3-9-15-23,18-21-10-4-1-5-11-21)24-20-26(16-17-28-24)19-22-12-6-2-7-13-22/h1-15,24,27H,16-20H2/t24?,25-/m1/s1. The van der Waals surface area contributed by atoms with Gasteiger partial charge in [0, 0.05) is 26.1 Å². The van der Waals surface area contributed by atoms with Gasteiger partial charge in [-0.1, -0.05) is 91.0 Å². The molecule has 0 aliphatic carbocycles. The first-order valence-electron chi connectivity index (χ1n) is 9.94. The third kappa shape index (κ3) is 4.33. The van der Waals surface area contributed by atoms with E-state index in [1.54, 1.807) is 0 Å². The van der Waals surface area contributed by atoms with Gasteiger partial charge in [-0.05, 0) is 16.7 Å². The first-order chi connectivity index (χ1) is 13.7. The Kier molecular flexibility index (Phi) is 5.87. The van der Waals surface area contributed by atoms with Crippen LogP contribution in [0.5, 0.6) is 0 Å². The maximum atomic E-state index is 11.9. The molecule has 3 aromatic carbocycles. The molecule has 3 heteroatoms. The van der Waals surface area contributed by atoms with Gasteiger partial charge in [0.25, 0.3) is 0 Å². The molecule has 1 saturated heterocycles. The molecule has 0 saturated carbocycles. The van der Waals surface area contributed by atoms with Crippen LogP contribution < -0.4 is 0 Å². The molecule has 0 spiro atoms. The van der Waals surface area contributed by atoms with Gasteiger partial charge in [0.2, 0.25) is 0 Å². The molecule has 1 unspecified atom stereocenters. The van der Waals surface area contributed by atoms with Crippen molar-refractivity contribution >= 4 is 0 Å². The molecule has 28 heavy (non-hydrogen) atoms. The molecule has 4 rings (SSSR count). The highest BCUT2D eigenvalue weighted by atomic mass is 16.5. The van der Waals surface area contributed by atoms with E-state index in [9.17, 15) is 5.11 Å². The molecule has 1 aliphatic heterocycles. The molecule has 0 amide bonds. The van der Waals surface area contributed by atoms with Crippen LogP contribution in [-0.4, -0.2) is 35.8 Å². The summed E-state index contributed by atoms with van der Waals surface area (Å²) in [7, 11) is 0. The van der Waals surface area contributed by atoms with Crippen LogP contribution in [0.25, 0.3) is 0 Å². The van der Waals surface area contributed by atoms with Gasteiger partial charge in [-0.2, -0.15) is 0 Å². The zero-order valence-corrected chi connectivity index (χ0v) is 16.1. The minimum absolute atomic E-state index is 0.285. The van der Waals surface area contributed by atoms with E-state index >= 15 is 0 Å². The van der Waals surface area contributed by atoms with Crippen LogP contribution in [0.3, 0.4) is 0 Å². The minimum atomic E-state index is -1.07. The summed E-state index contributed by atoms with van der Waals surface area (Å²) in [5.74, 6) is 0. The molecule has 2 atom stereocenters. The number of aliphatic hydroxyl groups is 1. The lowest BCUT2D eigenvalue weighted by Crippen LogP contribution is -2.53. The molecular formula is C25H27NO2. The second-order valence-electron chi connectivity index (χ2n) is 7.53. The third-order valence-electron chi connectivity index (χ3n) is 5.52. The molecule has 0 bridgehead atoms. The summed E-state index contributed by atoms with van der Waals surface area (Å²) in [6.07, 6.45) is 0.245. The van der Waals surface area contributed by atoms with E-state index in [2.05, 4.69) is 41.3 Å². The highest BCUT2D eigenvalue weighted by molar-refractivity contribution is 5.29. The van der Waals surface area contributed by atoms with Crippen LogP contribution in [0.15, 0.2) is 91.0 Å². The summed E-state index contributed by atoms with van der Waals surface area (Å²) in [6.45, 7) is 3.08. The van der Waals surface area contributed by atoms with Crippen molar-refractivity contribution in [1.29, 1.82) is 0 Å². The fraction of sp³-hybridized carbons (Fsp3) is 0.280. The van der Waals surface area contributed by atoms with Crippen molar-refractivity contribution in [2.24, 2.45) is 0 Å². The molecule has 144 valence electrons. The Morgan fingerprint density at radius 3 is 2.04 bits per heavy atom. The van der Waals surface area contributed by atoms with E-state index in [1.807, 2.05) is 54.6 Å². The Balaban J connectivity index is 1.58. The molecule has 1 heterocycles. The second-order valence-corrected chi connectivity index (χ2v) is 7.53. The lowest BCUT2D eigenvalue weighted by molar-refractivity contribution is -0.149. The van der Waals surface area contributed by atoms with Crippen molar-refractivity contribution in [3.8, 4) is 0 Å². The van der Waals surface area contributed by atoms with E-state index < -0.39 is 5.60 Å². The summed E-state index contributed by atoms with van der Waals surface area (Å²) in [5, 5.41) is 11.9. The number of hydrogen-bond acceptors (Lipinski definition) is 3. The number of rotatable bonds is 6. The number of nitrogens with zero attached hydrogens (tertiary/aromatic N) is 1. The Morgan fingerprint density at radius 2 is 1.39 bits per heavy atom. The van der Waals surface area contributed by atoms with Crippen LogP contribution in [0, 0.1) is 0 Å². The van der Waals surface area contributed by atoms with Gasteiger partial charge < -0.3 is 9.84 Å². The fourth-order valence-corrected chi connectivity index (χ4v) is 4.01. The normalized spacial score (nSPS) is 19.8. The number of morpholine rings is 1. The Morgan fingerprint density at radius 1 is 0.821 bits per heavy atom. The molecule has 3 nitrogen and oxygen atoms in total. The van der Waals surface area contributed by atoms with Crippen molar-refractivity contribution < 1.29 is 9.84 Å². The first kappa shape index (κ1) is 18.9. The van der Waals surface area contributed by atoms with Crippen molar-refractivity contribution in [2.75, 3.05) is 19.7 Å². The predicted molar refractivity (Wildman–Crippen MR) is 112 cm³/mol. The largest absolute Gasteiger partial charge is 0.382 e. The zero-order valence-electron chi connectivity index (χ0n) is 16.1. The topological polar surface area (TPSA) is 32.7 Å². The van der Waals surface area contributed by atoms with Gasteiger partial charge in [-0.15, -0.1) is 0 Å². The number of ether oxygens (including phenoxy) is 1. The molecule has 1 aliphatic rings. The van der Waals surface area contributed by atoms with Crippen LogP contribution in [0.4, 0.5) is 0 Å². The third-order valence-corrected chi connectivity index (χ3v) is 5.52. The van der Waals surface area contributed by atoms with Gasteiger partial charge in [0.05, 0.1) is 6.61 Å². The van der Waals surface area contributed by atoms with Crippen molar-refractivity contribution in [3.05, 3.63) is 108 Å². The van der Waals surface area contributed by atoms with Crippen LogP contribution in [0.1, 0.15) is 16.7 Å². The molecular weight excluding hydrogens is 346 g/mol. The first-order valence-corrected chi connectivity index (χ1v) is 9.94. The van der Waals surface area contributed by atoms with E-state index in [4.69, 9.17) is 4.74 Å². The number of benzene rings is 3. The van der Waals surface area contributed by atoms with E-state index in [0.717, 1.165) is 24.2 Å². The SMILES string of the molecule is O[C@](Cc1ccccc1)(c1ccccc1)C1CN(Cc2ccccc2)CCO1. The van der Waals surface area contributed by atoms with Crippen LogP contribution in [-0.2, 0) is 23.3 Å². The van der Waals surface area contributed by atoms with Crippen molar-refractivity contribution in [2.45, 2.75) is 24.7 Å². The zero-order chi connectivity index (χ0) is 19.2. The monoisotopic (exact) mass is 373 g/mol. The highest BCUT2D eigenvalue weighted by Crippen LogP contribution is 2.33. The highest BCUT2D eigenvalue weighted by Gasteiger charge is 2.42. The van der Waals surface area contributed by atoms with Gasteiger partial charge in [-0.3, -0.25) is 4.90 Å². The molecule has 1 N–H and O–H groups in total. The quantitative estimate of drug-likeness (QED) is 0.708. The lowest BCUT2D eigenvalue weighted by Gasteiger charge is -2.42. The van der Waals surface area contributed by atoms with Crippen molar-refractivity contribution in [1.82, 2.24) is 4.90 Å². The summed E-state index contributed by atoms with van der Waals surface area (Å²) in [4.78, 5) is 2.38. The summed E-state index contributed by atoms with van der Waals surface area (Å²) in [6, 6.07) is 30.6. The predicted octanol–water partition coefficient (Wildman–Crippen LogP) is 4.02. The average molecular weight is 373 g/mol. The van der Waals surface area contributed by atoms with E-state index in [0.29, 0.717) is 19.6 Å². The van der Waals surface area contributed by atoms with E-state index in [1.165, 1.54) is 5.56 Å². The number of hydrogen-bond donors (Lipinski definition) is 1. The minimum Gasteiger partial charge on any atom is -0.382 e. The molecule has 3 aromatic rings. The Bertz CT molecular complexity index is 853.